The van der Waals surface area contributed by atoms with Gasteiger partial charge in [0.25, 0.3) is 0 Å². The van der Waals surface area contributed by atoms with E-state index in [2.05, 4.69) is 44.9 Å². The molecule has 74 valence electrons. The van der Waals surface area contributed by atoms with E-state index in [1.165, 1.54) is 0 Å². The number of rotatable bonds is 2. The van der Waals surface area contributed by atoms with Crippen LogP contribution in [0.5, 0.6) is 0 Å². The maximum Gasteiger partial charge on any atom is 0.0855 e. The lowest BCUT2D eigenvalue weighted by Gasteiger charge is -2.17. The van der Waals surface area contributed by atoms with Crippen LogP contribution in [-0.4, -0.2) is 15.0 Å². The Hall–Kier alpha value is -0.860. The van der Waals surface area contributed by atoms with Crippen LogP contribution in [0.4, 0.5) is 0 Å². The first kappa shape index (κ1) is 10.2. The van der Waals surface area contributed by atoms with Crippen molar-refractivity contribution in [1.82, 2.24) is 15.0 Å². The number of hydrogen-bond acceptors (Lipinski definition) is 2. The first-order valence-corrected chi connectivity index (χ1v) is 4.88. The Morgan fingerprint density at radius 3 is 2.46 bits per heavy atom. The predicted molar refractivity (Wildman–Crippen MR) is 53.7 cm³/mol. The summed E-state index contributed by atoms with van der Waals surface area (Å²) in [4.78, 5) is 0. The zero-order valence-electron chi connectivity index (χ0n) is 9.20. The second kappa shape index (κ2) is 3.48. The number of nitrogens with zero attached hydrogens (tertiary/aromatic N) is 3. The zero-order valence-corrected chi connectivity index (χ0v) is 9.20. The van der Waals surface area contributed by atoms with Crippen molar-refractivity contribution in [2.24, 2.45) is 0 Å². The van der Waals surface area contributed by atoms with Crippen molar-refractivity contribution < 1.29 is 0 Å². The van der Waals surface area contributed by atoms with Gasteiger partial charge < -0.3 is 0 Å². The Bertz CT molecular complexity index is 270. The van der Waals surface area contributed by atoms with Crippen LogP contribution in [0.2, 0.25) is 0 Å². The van der Waals surface area contributed by atoms with Crippen molar-refractivity contribution in [2.75, 3.05) is 0 Å². The minimum absolute atomic E-state index is 0.0404. The van der Waals surface area contributed by atoms with Gasteiger partial charge in [0.1, 0.15) is 0 Å². The van der Waals surface area contributed by atoms with Crippen LogP contribution in [0, 0.1) is 0 Å². The van der Waals surface area contributed by atoms with Gasteiger partial charge in [-0.2, -0.15) is 0 Å². The molecule has 0 aromatic carbocycles. The highest BCUT2D eigenvalue weighted by Gasteiger charge is 2.16. The zero-order chi connectivity index (χ0) is 10.1. The third-order valence-electron chi connectivity index (χ3n) is 2.32. The quantitative estimate of drug-likeness (QED) is 0.702. The lowest BCUT2D eigenvalue weighted by atomic mass is 10.1. The van der Waals surface area contributed by atoms with E-state index in [1.54, 1.807) is 0 Å². The van der Waals surface area contributed by atoms with Crippen molar-refractivity contribution in [3.63, 3.8) is 0 Å². The summed E-state index contributed by atoms with van der Waals surface area (Å²) in [6.07, 6.45) is 3.16. The Labute approximate surface area is 80.1 Å². The van der Waals surface area contributed by atoms with E-state index in [4.69, 9.17) is 0 Å². The van der Waals surface area contributed by atoms with Gasteiger partial charge in [0.05, 0.1) is 11.2 Å². The maximum absolute atomic E-state index is 4.17. The van der Waals surface area contributed by atoms with Crippen molar-refractivity contribution in [2.45, 2.75) is 52.5 Å². The molecule has 0 aliphatic heterocycles. The second-order valence-electron chi connectivity index (χ2n) is 4.57. The molecule has 3 heteroatoms. The van der Waals surface area contributed by atoms with Crippen LogP contribution in [0.1, 0.15) is 52.7 Å². The van der Waals surface area contributed by atoms with E-state index in [1.807, 2.05) is 10.9 Å². The van der Waals surface area contributed by atoms with Crippen LogP contribution < -0.4 is 0 Å². The maximum atomic E-state index is 4.17. The Balaban J connectivity index is 2.87. The van der Waals surface area contributed by atoms with Crippen LogP contribution in [0.3, 0.4) is 0 Å². The lowest BCUT2D eigenvalue weighted by molar-refractivity contribution is 0.347. The van der Waals surface area contributed by atoms with Gasteiger partial charge >= 0.3 is 0 Å². The minimum Gasteiger partial charge on any atom is -0.247 e. The molecule has 0 radical (unpaired) electrons. The van der Waals surface area contributed by atoms with Gasteiger partial charge in [-0.1, -0.05) is 19.1 Å². The summed E-state index contributed by atoms with van der Waals surface area (Å²) in [7, 11) is 0. The van der Waals surface area contributed by atoms with Crippen molar-refractivity contribution >= 4 is 0 Å². The normalized spacial score (nSPS) is 14.5. The molecule has 1 heterocycles. The monoisotopic (exact) mass is 181 g/mol. The van der Waals surface area contributed by atoms with Gasteiger partial charge in [-0.3, -0.25) is 0 Å². The predicted octanol–water partition coefficient (Wildman–Crippen LogP) is 2.55. The van der Waals surface area contributed by atoms with Crippen molar-refractivity contribution in [3.8, 4) is 0 Å². The van der Waals surface area contributed by atoms with Gasteiger partial charge in [0.15, 0.2) is 0 Å². The third-order valence-corrected chi connectivity index (χ3v) is 2.32. The van der Waals surface area contributed by atoms with Gasteiger partial charge in [-0.15, -0.1) is 5.10 Å². The molecular formula is C10H19N3. The Morgan fingerprint density at radius 1 is 1.46 bits per heavy atom. The van der Waals surface area contributed by atoms with E-state index in [-0.39, 0.29) is 5.54 Å². The van der Waals surface area contributed by atoms with Gasteiger partial charge in [-0.05, 0) is 27.2 Å². The molecule has 0 spiro atoms. The highest BCUT2D eigenvalue weighted by atomic mass is 15.4. The molecule has 1 unspecified atom stereocenters. The standard InChI is InChI=1S/C10H19N3/c1-6-8(2)9-7-13(12-11-9)10(3,4)5/h7-8H,6H2,1-5H3. The molecule has 1 rings (SSSR count). The summed E-state index contributed by atoms with van der Waals surface area (Å²) in [5.74, 6) is 0.510. The lowest BCUT2D eigenvalue weighted by Crippen LogP contribution is -2.22. The molecule has 1 aromatic rings. The molecular weight excluding hydrogens is 162 g/mol. The second-order valence-corrected chi connectivity index (χ2v) is 4.57. The minimum atomic E-state index is 0.0404. The highest BCUT2D eigenvalue weighted by Crippen LogP contribution is 2.18. The largest absolute Gasteiger partial charge is 0.247 e. The fourth-order valence-electron chi connectivity index (χ4n) is 1.04. The highest BCUT2D eigenvalue weighted by molar-refractivity contribution is 5.00. The van der Waals surface area contributed by atoms with Gasteiger partial charge in [0.2, 0.25) is 0 Å². The summed E-state index contributed by atoms with van der Waals surface area (Å²) in [5, 5.41) is 8.29. The summed E-state index contributed by atoms with van der Waals surface area (Å²) in [5.41, 5.74) is 1.14. The summed E-state index contributed by atoms with van der Waals surface area (Å²) in [6, 6.07) is 0. The van der Waals surface area contributed by atoms with Crippen LogP contribution in [0.15, 0.2) is 6.20 Å². The molecule has 0 N–H and O–H groups in total. The fraction of sp³-hybridized carbons (Fsp3) is 0.800. The molecule has 1 aromatic heterocycles. The molecule has 1 atom stereocenters. The van der Waals surface area contributed by atoms with E-state index in [9.17, 15) is 0 Å². The molecule has 0 saturated carbocycles. The van der Waals surface area contributed by atoms with E-state index in [0.29, 0.717) is 5.92 Å². The molecule has 0 amide bonds. The first-order chi connectivity index (χ1) is 5.95. The molecule has 0 aliphatic carbocycles. The van der Waals surface area contributed by atoms with E-state index >= 15 is 0 Å². The Morgan fingerprint density at radius 2 is 2.08 bits per heavy atom. The van der Waals surface area contributed by atoms with Crippen molar-refractivity contribution in [3.05, 3.63) is 11.9 Å². The van der Waals surface area contributed by atoms with E-state index < -0.39 is 0 Å². The molecule has 0 fully saturated rings. The van der Waals surface area contributed by atoms with Crippen LogP contribution >= 0.6 is 0 Å². The molecule has 0 aliphatic rings. The van der Waals surface area contributed by atoms with Crippen LogP contribution in [-0.2, 0) is 5.54 Å². The topological polar surface area (TPSA) is 30.7 Å². The summed E-state index contributed by atoms with van der Waals surface area (Å²) >= 11 is 0. The first-order valence-electron chi connectivity index (χ1n) is 4.88. The van der Waals surface area contributed by atoms with Gasteiger partial charge in [-0.25, -0.2) is 4.68 Å². The molecule has 13 heavy (non-hydrogen) atoms. The summed E-state index contributed by atoms with van der Waals surface area (Å²) in [6.45, 7) is 10.7. The average molecular weight is 181 g/mol. The smallest absolute Gasteiger partial charge is 0.0855 e. The molecule has 0 saturated heterocycles. The average Bonchev–Trinajstić information content (AvgIpc) is 2.50. The fourth-order valence-corrected chi connectivity index (χ4v) is 1.04. The third kappa shape index (κ3) is 2.29. The Kier molecular flexibility index (Phi) is 2.74. The number of hydrogen-bond donors (Lipinski definition) is 0. The van der Waals surface area contributed by atoms with Crippen molar-refractivity contribution in [1.29, 1.82) is 0 Å². The SMILES string of the molecule is CCC(C)c1cn(C(C)(C)C)nn1. The molecule has 3 nitrogen and oxygen atoms in total. The van der Waals surface area contributed by atoms with E-state index in [0.717, 1.165) is 12.1 Å². The summed E-state index contributed by atoms with van der Waals surface area (Å²) < 4.78 is 1.93. The van der Waals surface area contributed by atoms with Gasteiger partial charge in [0, 0.05) is 12.1 Å². The molecule has 0 bridgehead atoms. The number of aromatic nitrogens is 3. The van der Waals surface area contributed by atoms with Crippen LogP contribution in [0.25, 0.3) is 0 Å².